The Morgan fingerprint density at radius 2 is 2.12 bits per heavy atom. The largest absolute Gasteiger partial charge is 0.476 e. The number of hydrogen-bond acceptors (Lipinski definition) is 6. The second kappa shape index (κ2) is 10.2. The molecule has 8 nitrogen and oxygen atoms in total. The van der Waals surface area contributed by atoms with Crippen molar-refractivity contribution in [3.8, 4) is 11.7 Å². The summed E-state index contributed by atoms with van der Waals surface area (Å²) in [6, 6.07) is 5.18. The highest BCUT2D eigenvalue weighted by Crippen LogP contribution is 2.38. The maximum Gasteiger partial charge on any atom is 0.264 e. The fourth-order valence-electron chi connectivity index (χ4n) is 4.43. The van der Waals surface area contributed by atoms with Gasteiger partial charge in [-0.05, 0) is 55.2 Å². The van der Waals surface area contributed by atoms with Gasteiger partial charge in [0, 0.05) is 25.5 Å². The standard InChI is InChI=1S/C23H29ClN6O2S/c1-5-16-7-6-14(2)18(16)13-32-21-10-11-30(27-21)20-9-8-17(22(24)25-20)23(31)28-33-19-12-29(4)26-15(19)3/h8-12,14,16,18H,5-7,13H2,1-4H3,(H,28,31). The van der Waals surface area contributed by atoms with Gasteiger partial charge in [0.05, 0.1) is 22.8 Å². The van der Waals surface area contributed by atoms with E-state index in [1.165, 1.54) is 31.2 Å². The lowest BCUT2D eigenvalue weighted by atomic mass is 9.89. The molecule has 1 N–H and O–H groups in total. The van der Waals surface area contributed by atoms with Crippen molar-refractivity contribution >= 4 is 29.5 Å². The van der Waals surface area contributed by atoms with Crippen molar-refractivity contribution in [2.75, 3.05) is 6.61 Å². The SMILES string of the molecule is CCC1CCC(C)C1COc1ccn(-c2ccc(C(=O)NSc3cn(C)nc3C)c(Cl)n2)n1. The van der Waals surface area contributed by atoms with Crippen LogP contribution in [0.5, 0.6) is 5.88 Å². The van der Waals surface area contributed by atoms with E-state index in [9.17, 15) is 4.79 Å². The topological polar surface area (TPSA) is 86.9 Å². The summed E-state index contributed by atoms with van der Waals surface area (Å²) in [5.41, 5.74) is 1.13. The lowest BCUT2D eigenvalue weighted by molar-refractivity contribution is 0.0984. The van der Waals surface area contributed by atoms with Crippen LogP contribution >= 0.6 is 23.5 Å². The van der Waals surface area contributed by atoms with Crippen molar-refractivity contribution in [1.29, 1.82) is 0 Å². The first-order valence-electron chi connectivity index (χ1n) is 11.2. The number of nitrogens with one attached hydrogen (secondary N) is 1. The third-order valence-corrected chi connectivity index (χ3v) is 7.57. The minimum absolute atomic E-state index is 0.108. The number of nitrogens with zero attached hydrogens (tertiary/aromatic N) is 5. The molecule has 1 aliphatic carbocycles. The summed E-state index contributed by atoms with van der Waals surface area (Å²) in [5.74, 6) is 2.72. The van der Waals surface area contributed by atoms with Crippen molar-refractivity contribution in [3.05, 3.63) is 47.0 Å². The number of pyridine rings is 1. The summed E-state index contributed by atoms with van der Waals surface area (Å²) in [6.45, 7) is 7.12. The van der Waals surface area contributed by atoms with Crippen LogP contribution in [0.3, 0.4) is 0 Å². The molecule has 3 atom stereocenters. The lowest BCUT2D eigenvalue weighted by Gasteiger charge is -2.21. The van der Waals surface area contributed by atoms with Crippen LogP contribution in [0.1, 0.15) is 49.2 Å². The van der Waals surface area contributed by atoms with E-state index in [1.54, 1.807) is 27.7 Å². The maximum absolute atomic E-state index is 12.6. The van der Waals surface area contributed by atoms with Crippen LogP contribution < -0.4 is 9.46 Å². The van der Waals surface area contributed by atoms with Crippen molar-refractivity contribution in [2.24, 2.45) is 24.8 Å². The van der Waals surface area contributed by atoms with Gasteiger partial charge in [-0.25, -0.2) is 9.67 Å². The summed E-state index contributed by atoms with van der Waals surface area (Å²) in [4.78, 5) is 17.8. The molecule has 3 aromatic rings. The van der Waals surface area contributed by atoms with Crippen LogP contribution in [0.4, 0.5) is 0 Å². The zero-order valence-corrected chi connectivity index (χ0v) is 20.9. The smallest absolute Gasteiger partial charge is 0.264 e. The molecule has 0 bridgehead atoms. The Labute approximate surface area is 203 Å². The fourth-order valence-corrected chi connectivity index (χ4v) is 5.37. The summed E-state index contributed by atoms with van der Waals surface area (Å²) in [7, 11) is 1.83. The van der Waals surface area contributed by atoms with Crippen molar-refractivity contribution in [3.63, 3.8) is 0 Å². The van der Waals surface area contributed by atoms with E-state index >= 15 is 0 Å². The van der Waals surface area contributed by atoms with Crippen LogP contribution in [0.25, 0.3) is 5.82 Å². The van der Waals surface area contributed by atoms with Crippen LogP contribution in [0.2, 0.25) is 5.15 Å². The minimum atomic E-state index is -0.326. The molecular formula is C23H29ClN6O2S. The molecule has 3 aromatic heterocycles. The molecule has 3 unspecified atom stereocenters. The van der Waals surface area contributed by atoms with Crippen LogP contribution in [0.15, 0.2) is 35.5 Å². The van der Waals surface area contributed by atoms with Gasteiger partial charge in [0.1, 0.15) is 5.15 Å². The Hall–Kier alpha value is -2.52. The summed E-state index contributed by atoms with van der Waals surface area (Å²) in [5, 5.41) is 8.85. The van der Waals surface area contributed by atoms with E-state index in [0.717, 1.165) is 16.5 Å². The molecule has 0 aromatic carbocycles. The molecule has 1 fully saturated rings. The molecule has 33 heavy (non-hydrogen) atoms. The predicted octanol–water partition coefficient (Wildman–Crippen LogP) is 4.85. The molecule has 176 valence electrons. The lowest BCUT2D eigenvalue weighted by Crippen LogP contribution is -2.21. The molecule has 4 rings (SSSR count). The van der Waals surface area contributed by atoms with E-state index in [1.807, 2.05) is 26.2 Å². The third kappa shape index (κ3) is 5.35. The van der Waals surface area contributed by atoms with Crippen molar-refractivity contribution < 1.29 is 9.53 Å². The van der Waals surface area contributed by atoms with Gasteiger partial charge in [-0.2, -0.15) is 5.10 Å². The van der Waals surface area contributed by atoms with E-state index in [-0.39, 0.29) is 11.1 Å². The summed E-state index contributed by atoms with van der Waals surface area (Å²) >= 11 is 7.52. The molecule has 0 spiro atoms. The normalized spacial score (nSPS) is 20.2. The van der Waals surface area contributed by atoms with Gasteiger partial charge in [-0.3, -0.25) is 14.2 Å². The Kier molecular flexibility index (Phi) is 7.29. The van der Waals surface area contributed by atoms with E-state index < -0.39 is 0 Å². The zero-order chi connectivity index (χ0) is 23.5. The quantitative estimate of drug-likeness (QED) is 0.360. The molecule has 0 aliphatic heterocycles. The molecule has 0 radical (unpaired) electrons. The van der Waals surface area contributed by atoms with Crippen LogP contribution in [-0.4, -0.2) is 37.1 Å². The predicted molar refractivity (Wildman–Crippen MR) is 129 cm³/mol. The van der Waals surface area contributed by atoms with E-state index in [0.29, 0.717) is 35.7 Å². The number of rotatable bonds is 8. The molecule has 3 heterocycles. The van der Waals surface area contributed by atoms with Gasteiger partial charge in [0.25, 0.3) is 5.91 Å². The first-order chi connectivity index (χ1) is 15.9. The Balaban J connectivity index is 1.38. The molecule has 1 amide bonds. The number of carbonyl (C=O) groups excluding carboxylic acids is 1. The first kappa shape index (κ1) is 23.6. The number of amides is 1. The van der Waals surface area contributed by atoms with E-state index in [4.69, 9.17) is 16.3 Å². The molecule has 10 heteroatoms. The maximum atomic E-state index is 12.6. The Morgan fingerprint density at radius 3 is 2.82 bits per heavy atom. The van der Waals surface area contributed by atoms with Crippen LogP contribution in [0, 0.1) is 24.7 Å². The van der Waals surface area contributed by atoms with Gasteiger partial charge >= 0.3 is 0 Å². The number of aromatic nitrogens is 5. The third-order valence-electron chi connectivity index (χ3n) is 6.38. The average Bonchev–Trinajstić information content (AvgIpc) is 3.49. The Bertz CT molecular complexity index is 1130. The number of carbonyl (C=O) groups is 1. The van der Waals surface area contributed by atoms with E-state index in [2.05, 4.69) is 33.8 Å². The number of aryl methyl sites for hydroxylation is 2. The highest BCUT2D eigenvalue weighted by molar-refractivity contribution is 7.98. The van der Waals surface area contributed by atoms with Crippen molar-refractivity contribution in [1.82, 2.24) is 29.3 Å². The minimum Gasteiger partial charge on any atom is -0.476 e. The Morgan fingerprint density at radius 1 is 1.30 bits per heavy atom. The number of ether oxygens (including phenoxy) is 1. The monoisotopic (exact) mass is 488 g/mol. The highest BCUT2D eigenvalue weighted by atomic mass is 35.5. The van der Waals surface area contributed by atoms with Crippen LogP contribution in [-0.2, 0) is 7.05 Å². The summed E-state index contributed by atoms with van der Waals surface area (Å²) in [6.07, 6.45) is 7.36. The molecular weight excluding hydrogens is 460 g/mol. The first-order valence-corrected chi connectivity index (χ1v) is 12.4. The number of halogens is 1. The van der Waals surface area contributed by atoms with Gasteiger partial charge in [0.2, 0.25) is 5.88 Å². The van der Waals surface area contributed by atoms with Crippen molar-refractivity contribution in [2.45, 2.75) is 44.9 Å². The highest BCUT2D eigenvalue weighted by Gasteiger charge is 2.32. The molecule has 1 aliphatic rings. The zero-order valence-electron chi connectivity index (χ0n) is 19.3. The summed E-state index contributed by atoms with van der Waals surface area (Å²) < 4.78 is 12.1. The second-order valence-corrected chi connectivity index (χ2v) is 9.80. The van der Waals surface area contributed by atoms with Gasteiger partial charge in [0.15, 0.2) is 5.82 Å². The average molecular weight is 489 g/mol. The fraction of sp³-hybridized carbons (Fsp3) is 0.478. The number of hydrogen-bond donors (Lipinski definition) is 1. The second-order valence-electron chi connectivity index (χ2n) is 8.59. The molecule has 0 saturated heterocycles. The van der Waals surface area contributed by atoms with Gasteiger partial charge in [-0.15, -0.1) is 5.10 Å². The van der Waals surface area contributed by atoms with Gasteiger partial charge in [-0.1, -0.05) is 38.3 Å². The molecule has 1 saturated carbocycles. The van der Waals surface area contributed by atoms with Gasteiger partial charge < -0.3 is 4.74 Å².